The average molecular weight is 748 g/mol. The lowest BCUT2D eigenvalue weighted by molar-refractivity contribution is 0.669. The molecule has 0 radical (unpaired) electrons. The number of fused-ring (bicyclic) bond motifs is 10. The zero-order valence-corrected chi connectivity index (χ0v) is 31.6. The molecule has 11 rings (SSSR count). The van der Waals surface area contributed by atoms with Gasteiger partial charge in [0, 0.05) is 42.1 Å². The maximum atomic E-state index is 6.61. The maximum absolute atomic E-state index is 6.61. The van der Waals surface area contributed by atoms with Crippen LogP contribution >= 0.6 is 11.3 Å². The van der Waals surface area contributed by atoms with Gasteiger partial charge in [-0.1, -0.05) is 140 Å². The minimum absolute atomic E-state index is 0.465. The number of para-hydroxylation sites is 1. The van der Waals surface area contributed by atoms with Crippen molar-refractivity contribution in [1.82, 2.24) is 0 Å². The first-order valence-electron chi connectivity index (χ1n) is 19.0. The average Bonchev–Trinajstić information content (AvgIpc) is 3.83. The molecule has 0 fully saturated rings. The molecule has 9 aromatic carbocycles. The van der Waals surface area contributed by atoms with Crippen molar-refractivity contribution >= 4 is 104 Å². The number of nitrogens with zero attached hydrogens (tertiary/aromatic N) is 3. The van der Waals surface area contributed by atoms with E-state index in [1.54, 1.807) is 0 Å². The Kier molecular flexibility index (Phi) is 7.86. The number of thiophene rings is 1. The second kappa shape index (κ2) is 13.5. The van der Waals surface area contributed by atoms with E-state index in [-0.39, 0.29) is 0 Å². The lowest BCUT2D eigenvalue weighted by Gasteiger charge is -2.11. The molecule has 11 aromatic rings. The van der Waals surface area contributed by atoms with Crippen LogP contribution in [0.1, 0.15) is 16.7 Å². The van der Waals surface area contributed by atoms with Crippen LogP contribution in [0.5, 0.6) is 0 Å². The summed E-state index contributed by atoms with van der Waals surface area (Å²) in [5, 5.41) is 11.7. The number of furan rings is 1. The Labute approximate surface area is 332 Å². The number of amidine groups is 2. The minimum Gasteiger partial charge on any atom is -0.456 e. The van der Waals surface area contributed by atoms with Gasteiger partial charge in [0.1, 0.15) is 11.2 Å². The summed E-state index contributed by atoms with van der Waals surface area (Å²) in [6, 6.07) is 61.9. The Morgan fingerprint density at radius 3 is 2.11 bits per heavy atom. The van der Waals surface area contributed by atoms with Gasteiger partial charge in [0.15, 0.2) is 11.7 Å². The van der Waals surface area contributed by atoms with Crippen molar-refractivity contribution in [3.63, 3.8) is 0 Å². The smallest absolute Gasteiger partial charge is 0.161 e. The van der Waals surface area contributed by atoms with Crippen LogP contribution in [0, 0.1) is 0 Å². The third kappa shape index (κ3) is 5.71. The van der Waals surface area contributed by atoms with Crippen molar-refractivity contribution in [3.8, 4) is 11.1 Å². The van der Waals surface area contributed by atoms with Crippen molar-refractivity contribution in [2.24, 2.45) is 15.0 Å². The summed E-state index contributed by atoms with van der Waals surface area (Å²) in [7, 11) is 0. The molecule has 0 N–H and O–H groups in total. The monoisotopic (exact) mass is 747 g/mol. The molecule has 268 valence electrons. The molecule has 0 atom stereocenters. The van der Waals surface area contributed by atoms with E-state index >= 15 is 0 Å². The molecular formula is C52H33N3OS. The fraction of sp³-hybridized carbons (Fsp3) is 0.0192. The van der Waals surface area contributed by atoms with Gasteiger partial charge >= 0.3 is 0 Å². The molecule has 2 heterocycles. The van der Waals surface area contributed by atoms with E-state index in [0.29, 0.717) is 18.2 Å². The zero-order valence-electron chi connectivity index (χ0n) is 30.8. The lowest BCUT2D eigenvalue weighted by atomic mass is 9.96. The van der Waals surface area contributed by atoms with Crippen LogP contribution in [0.4, 0.5) is 0 Å². The summed E-state index contributed by atoms with van der Waals surface area (Å²) >= 11 is 1.83. The highest BCUT2D eigenvalue weighted by Gasteiger charge is 2.20. The topological polar surface area (TPSA) is 50.2 Å². The van der Waals surface area contributed by atoms with Gasteiger partial charge in [0.2, 0.25) is 0 Å². The summed E-state index contributed by atoms with van der Waals surface area (Å²) in [5.41, 5.74) is 6.57. The Hall–Kier alpha value is -7.21. The molecule has 57 heavy (non-hydrogen) atoms. The molecule has 0 aliphatic rings. The number of hydrogen-bond donors (Lipinski definition) is 0. The van der Waals surface area contributed by atoms with Gasteiger partial charge in [-0.05, 0) is 92.1 Å². The van der Waals surface area contributed by atoms with Crippen molar-refractivity contribution < 1.29 is 4.42 Å². The van der Waals surface area contributed by atoms with Crippen LogP contribution in [0.25, 0.3) is 85.6 Å². The molecule has 0 aliphatic carbocycles. The summed E-state index contributed by atoms with van der Waals surface area (Å²) < 4.78 is 9.10. The van der Waals surface area contributed by atoms with E-state index in [9.17, 15) is 0 Å². The van der Waals surface area contributed by atoms with Crippen LogP contribution in [0.2, 0.25) is 0 Å². The zero-order chi connectivity index (χ0) is 37.9. The van der Waals surface area contributed by atoms with E-state index < -0.39 is 0 Å². The van der Waals surface area contributed by atoms with Crippen molar-refractivity contribution in [1.29, 1.82) is 0 Å². The Balaban J connectivity index is 1.13. The first-order chi connectivity index (χ1) is 28.2. The first kappa shape index (κ1) is 33.2. The molecule has 0 saturated carbocycles. The molecule has 5 heteroatoms. The highest BCUT2D eigenvalue weighted by molar-refractivity contribution is 7.26. The highest BCUT2D eigenvalue weighted by atomic mass is 32.1. The van der Waals surface area contributed by atoms with Crippen molar-refractivity contribution in [2.45, 2.75) is 6.54 Å². The Morgan fingerprint density at radius 1 is 0.526 bits per heavy atom. The lowest BCUT2D eigenvalue weighted by Crippen LogP contribution is -2.06. The second-order valence-corrected chi connectivity index (χ2v) is 15.5. The molecule has 0 saturated heterocycles. The second-order valence-electron chi connectivity index (χ2n) is 14.4. The van der Waals surface area contributed by atoms with Crippen LogP contribution in [-0.4, -0.2) is 18.4 Å². The molecule has 0 aliphatic heterocycles. The predicted molar refractivity (Wildman–Crippen MR) is 244 cm³/mol. The van der Waals surface area contributed by atoms with Gasteiger partial charge in [-0.25, -0.2) is 9.98 Å². The number of rotatable bonds is 5. The number of aliphatic imine (C=N–C) groups is 3. The third-order valence-electron chi connectivity index (χ3n) is 11.0. The molecule has 0 bridgehead atoms. The molecular weight excluding hydrogens is 715 g/mol. The van der Waals surface area contributed by atoms with Crippen LogP contribution in [0.15, 0.2) is 195 Å². The number of benzene rings is 9. The largest absolute Gasteiger partial charge is 0.456 e. The Bertz CT molecular complexity index is 3460. The van der Waals surface area contributed by atoms with E-state index in [2.05, 4.69) is 151 Å². The van der Waals surface area contributed by atoms with Crippen LogP contribution in [0.3, 0.4) is 0 Å². The summed E-state index contributed by atoms with van der Waals surface area (Å²) in [6.07, 6.45) is 0. The standard InChI is InChI=1S/C52H33N3OS/c1-53-52(55-51(54-31-32-12-3-2-4-13-32)37-24-25-40-36(26-37)23-22-33-14-7-8-17-39(33)40)45-28-38(29-47-49(45)43-18-9-10-21-46(43)56-47)41-19-11-20-42-44-27-34-15-5-6-16-35(34)30-48(44)57-50(41)42/h2-30H,1,31H2/b54-51-,55-52-. The van der Waals surface area contributed by atoms with Gasteiger partial charge in [-0.2, -0.15) is 0 Å². The SMILES string of the molecule is C=N/C(=N\C(=N/Cc1ccccc1)c1ccc2c(ccc3ccccc32)c1)c1cc(-c2cccc3c2sc2cc4ccccc4cc23)cc2oc3ccccc3c12. The molecule has 2 aromatic heterocycles. The van der Waals surface area contributed by atoms with E-state index in [0.717, 1.165) is 55.1 Å². The predicted octanol–water partition coefficient (Wildman–Crippen LogP) is 14.2. The van der Waals surface area contributed by atoms with Gasteiger partial charge < -0.3 is 4.42 Å². The maximum Gasteiger partial charge on any atom is 0.161 e. The fourth-order valence-corrected chi connectivity index (χ4v) is 9.54. The fourth-order valence-electron chi connectivity index (χ4n) is 8.27. The quantitative estimate of drug-likeness (QED) is 0.0982. The first-order valence-corrected chi connectivity index (χ1v) is 19.9. The highest BCUT2D eigenvalue weighted by Crippen LogP contribution is 2.43. The molecule has 0 spiro atoms. The molecule has 0 unspecified atom stereocenters. The molecule has 0 amide bonds. The summed E-state index contributed by atoms with van der Waals surface area (Å²) in [6.45, 7) is 4.57. The van der Waals surface area contributed by atoms with Gasteiger partial charge in [0.25, 0.3) is 0 Å². The van der Waals surface area contributed by atoms with Gasteiger partial charge in [-0.15, -0.1) is 11.3 Å². The summed E-state index contributed by atoms with van der Waals surface area (Å²) in [5.74, 6) is 1.06. The van der Waals surface area contributed by atoms with Gasteiger partial charge in [0.05, 0.1) is 6.54 Å². The normalized spacial score (nSPS) is 12.6. The van der Waals surface area contributed by atoms with Crippen LogP contribution in [-0.2, 0) is 6.54 Å². The summed E-state index contributed by atoms with van der Waals surface area (Å²) in [4.78, 5) is 15.1. The van der Waals surface area contributed by atoms with Crippen molar-refractivity contribution in [3.05, 3.63) is 193 Å². The molecule has 4 nitrogen and oxygen atoms in total. The Morgan fingerprint density at radius 2 is 1.25 bits per heavy atom. The van der Waals surface area contributed by atoms with E-state index in [1.165, 1.54) is 47.1 Å². The van der Waals surface area contributed by atoms with E-state index in [4.69, 9.17) is 14.4 Å². The van der Waals surface area contributed by atoms with E-state index in [1.807, 2.05) is 47.7 Å². The third-order valence-corrected chi connectivity index (χ3v) is 12.2. The number of hydrogen-bond acceptors (Lipinski definition) is 3. The van der Waals surface area contributed by atoms with Gasteiger partial charge in [-0.3, -0.25) is 4.99 Å². The minimum atomic E-state index is 0.465. The van der Waals surface area contributed by atoms with Crippen LogP contribution < -0.4 is 0 Å². The van der Waals surface area contributed by atoms with Crippen molar-refractivity contribution in [2.75, 3.05) is 0 Å².